The SMILES string of the molecule is C/C=C(/C(=O)O)c1ccccc1Oc1ncncc1Oc1ccccc1F. The van der Waals surface area contributed by atoms with Crippen molar-refractivity contribution in [1.29, 1.82) is 0 Å². The Bertz CT molecular complexity index is 1000. The molecule has 0 bridgehead atoms. The van der Waals surface area contributed by atoms with E-state index in [0.29, 0.717) is 5.56 Å². The van der Waals surface area contributed by atoms with E-state index in [1.807, 2.05) is 0 Å². The summed E-state index contributed by atoms with van der Waals surface area (Å²) in [6.07, 6.45) is 4.06. The third-order valence-corrected chi connectivity index (χ3v) is 3.60. The molecule has 3 rings (SSSR count). The van der Waals surface area contributed by atoms with Gasteiger partial charge in [0.2, 0.25) is 5.75 Å². The summed E-state index contributed by atoms with van der Waals surface area (Å²) >= 11 is 0. The second-order valence-electron chi connectivity index (χ2n) is 5.33. The van der Waals surface area contributed by atoms with Gasteiger partial charge in [-0.15, -0.1) is 0 Å². The molecule has 1 aromatic heterocycles. The highest BCUT2D eigenvalue weighted by Crippen LogP contribution is 2.35. The fourth-order valence-electron chi connectivity index (χ4n) is 2.37. The minimum absolute atomic E-state index is 0.00915. The normalized spacial score (nSPS) is 11.1. The molecule has 0 spiro atoms. The minimum Gasteiger partial charge on any atom is -0.478 e. The highest BCUT2D eigenvalue weighted by atomic mass is 19.1. The van der Waals surface area contributed by atoms with Gasteiger partial charge < -0.3 is 14.6 Å². The predicted octanol–water partition coefficient (Wildman–Crippen LogP) is 4.69. The topological polar surface area (TPSA) is 81.5 Å². The molecule has 27 heavy (non-hydrogen) atoms. The number of hydrogen-bond donors (Lipinski definition) is 1. The summed E-state index contributed by atoms with van der Waals surface area (Å²) in [4.78, 5) is 19.4. The number of halogens is 1. The third-order valence-electron chi connectivity index (χ3n) is 3.60. The quantitative estimate of drug-likeness (QED) is 0.638. The van der Waals surface area contributed by atoms with Crippen molar-refractivity contribution in [3.63, 3.8) is 0 Å². The maximum absolute atomic E-state index is 13.9. The lowest BCUT2D eigenvalue weighted by atomic mass is 10.0. The highest BCUT2D eigenvalue weighted by molar-refractivity contribution is 6.16. The maximum atomic E-state index is 13.9. The Morgan fingerprint density at radius 1 is 1.04 bits per heavy atom. The van der Waals surface area contributed by atoms with Crippen LogP contribution < -0.4 is 9.47 Å². The van der Waals surface area contributed by atoms with Crippen molar-refractivity contribution in [2.24, 2.45) is 0 Å². The van der Waals surface area contributed by atoms with Crippen LogP contribution in [-0.4, -0.2) is 21.0 Å². The second-order valence-corrected chi connectivity index (χ2v) is 5.33. The first kappa shape index (κ1) is 18.1. The number of nitrogens with zero attached hydrogens (tertiary/aromatic N) is 2. The van der Waals surface area contributed by atoms with Gasteiger partial charge in [-0.1, -0.05) is 36.4 Å². The zero-order valence-corrected chi connectivity index (χ0v) is 14.3. The first-order valence-corrected chi connectivity index (χ1v) is 7.99. The van der Waals surface area contributed by atoms with Crippen molar-refractivity contribution in [2.75, 3.05) is 0 Å². The molecule has 0 unspecified atom stereocenters. The number of aromatic nitrogens is 2. The van der Waals surface area contributed by atoms with E-state index in [1.54, 1.807) is 43.3 Å². The molecule has 7 heteroatoms. The Hall–Kier alpha value is -3.74. The van der Waals surface area contributed by atoms with Gasteiger partial charge in [0, 0.05) is 5.56 Å². The van der Waals surface area contributed by atoms with Crippen LogP contribution in [0, 0.1) is 5.82 Å². The molecule has 0 aliphatic rings. The van der Waals surface area contributed by atoms with Crippen molar-refractivity contribution < 1.29 is 23.8 Å². The molecule has 0 radical (unpaired) electrons. The van der Waals surface area contributed by atoms with Crippen LogP contribution in [0.3, 0.4) is 0 Å². The van der Waals surface area contributed by atoms with Crippen LogP contribution in [0.15, 0.2) is 67.1 Å². The molecule has 1 heterocycles. The molecule has 0 atom stereocenters. The van der Waals surface area contributed by atoms with E-state index >= 15 is 0 Å². The van der Waals surface area contributed by atoms with Gasteiger partial charge in [0.05, 0.1) is 11.8 Å². The van der Waals surface area contributed by atoms with Gasteiger partial charge in [-0.25, -0.2) is 14.2 Å². The molecule has 0 aliphatic carbocycles. The number of carboxylic acids is 1. The monoisotopic (exact) mass is 366 g/mol. The lowest BCUT2D eigenvalue weighted by molar-refractivity contribution is -0.130. The number of para-hydroxylation sites is 2. The number of benzene rings is 2. The zero-order chi connectivity index (χ0) is 19.2. The maximum Gasteiger partial charge on any atom is 0.336 e. The Balaban J connectivity index is 1.97. The van der Waals surface area contributed by atoms with Crippen LogP contribution in [0.25, 0.3) is 5.57 Å². The van der Waals surface area contributed by atoms with Gasteiger partial charge >= 0.3 is 5.97 Å². The van der Waals surface area contributed by atoms with Gasteiger partial charge in [-0.2, -0.15) is 4.98 Å². The van der Waals surface area contributed by atoms with Crippen LogP contribution in [0.4, 0.5) is 4.39 Å². The number of aliphatic carboxylic acids is 1. The van der Waals surface area contributed by atoms with Crippen molar-refractivity contribution >= 4 is 11.5 Å². The smallest absolute Gasteiger partial charge is 0.336 e. The van der Waals surface area contributed by atoms with E-state index in [-0.39, 0.29) is 28.7 Å². The van der Waals surface area contributed by atoms with E-state index in [2.05, 4.69) is 9.97 Å². The van der Waals surface area contributed by atoms with Crippen molar-refractivity contribution in [1.82, 2.24) is 9.97 Å². The van der Waals surface area contributed by atoms with Gasteiger partial charge in [0.25, 0.3) is 5.88 Å². The average molecular weight is 366 g/mol. The van der Waals surface area contributed by atoms with Crippen molar-refractivity contribution in [2.45, 2.75) is 6.92 Å². The van der Waals surface area contributed by atoms with Gasteiger partial charge in [0.15, 0.2) is 11.6 Å². The molecule has 3 aromatic rings. The Morgan fingerprint density at radius 3 is 2.44 bits per heavy atom. The number of hydrogen-bond acceptors (Lipinski definition) is 5. The van der Waals surface area contributed by atoms with Crippen molar-refractivity contribution in [3.8, 4) is 23.1 Å². The average Bonchev–Trinajstić information content (AvgIpc) is 2.67. The molecule has 0 fully saturated rings. The summed E-state index contributed by atoms with van der Waals surface area (Å²) in [5.41, 5.74) is 0.458. The standard InChI is InChI=1S/C20H15FN2O4/c1-2-13(20(24)25)14-7-3-5-9-16(14)27-19-18(11-22-12-23-19)26-17-10-6-4-8-15(17)21/h2-12H,1H3,(H,24,25)/b13-2+. The fourth-order valence-corrected chi connectivity index (χ4v) is 2.37. The molecule has 0 saturated heterocycles. The molecule has 0 amide bonds. The summed E-state index contributed by atoms with van der Waals surface area (Å²) in [6.45, 7) is 1.62. The third kappa shape index (κ3) is 4.09. The van der Waals surface area contributed by atoms with E-state index in [9.17, 15) is 14.3 Å². The number of ether oxygens (including phenoxy) is 2. The Labute approximate surface area is 154 Å². The number of allylic oxidation sites excluding steroid dienone is 1. The Morgan fingerprint density at radius 2 is 1.74 bits per heavy atom. The molecule has 0 saturated carbocycles. The van der Waals surface area contributed by atoms with Crippen LogP contribution >= 0.6 is 0 Å². The van der Waals surface area contributed by atoms with E-state index in [4.69, 9.17) is 9.47 Å². The predicted molar refractivity (Wildman–Crippen MR) is 96.3 cm³/mol. The second kappa shape index (κ2) is 8.09. The summed E-state index contributed by atoms with van der Waals surface area (Å²) in [5.74, 6) is -1.25. The molecule has 2 aromatic carbocycles. The van der Waals surface area contributed by atoms with Crippen LogP contribution in [0.2, 0.25) is 0 Å². The van der Waals surface area contributed by atoms with E-state index in [0.717, 1.165) is 0 Å². The molecular formula is C20H15FN2O4. The number of rotatable bonds is 6. The van der Waals surface area contributed by atoms with Crippen LogP contribution in [0.5, 0.6) is 23.1 Å². The lowest BCUT2D eigenvalue weighted by Crippen LogP contribution is -2.02. The van der Waals surface area contributed by atoms with E-state index < -0.39 is 11.8 Å². The first-order valence-electron chi connectivity index (χ1n) is 7.99. The summed E-state index contributed by atoms with van der Waals surface area (Å²) in [5, 5.41) is 9.38. The largest absolute Gasteiger partial charge is 0.478 e. The summed E-state index contributed by atoms with van der Waals surface area (Å²) < 4.78 is 25.2. The van der Waals surface area contributed by atoms with Crippen LogP contribution in [-0.2, 0) is 4.79 Å². The molecule has 136 valence electrons. The molecule has 1 N–H and O–H groups in total. The lowest BCUT2D eigenvalue weighted by Gasteiger charge is -2.13. The zero-order valence-electron chi connectivity index (χ0n) is 14.3. The van der Waals surface area contributed by atoms with Gasteiger partial charge in [-0.05, 0) is 25.1 Å². The summed E-state index contributed by atoms with van der Waals surface area (Å²) in [7, 11) is 0. The van der Waals surface area contributed by atoms with Crippen molar-refractivity contribution in [3.05, 3.63) is 78.5 Å². The number of carbonyl (C=O) groups is 1. The first-order chi connectivity index (χ1) is 13.1. The van der Waals surface area contributed by atoms with E-state index in [1.165, 1.54) is 30.7 Å². The summed E-state index contributed by atoms with van der Waals surface area (Å²) in [6, 6.07) is 12.5. The van der Waals surface area contributed by atoms with Crippen LogP contribution in [0.1, 0.15) is 12.5 Å². The minimum atomic E-state index is -1.08. The fraction of sp³-hybridized carbons (Fsp3) is 0.0500. The van der Waals surface area contributed by atoms with Gasteiger partial charge in [-0.3, -0.25) is 0 Å². The van der Waals surface area contributed by atoms with Gasteiger partial charge in [0.1, 0.15) is 12.1 Å². The number of carboxylic acid groups (broad SMARTS) is 1. The molecule has 6 nitrogen and oxygen atoms in total. The molecular weight excluding hydrogens is 351 g/mol. The highest BCUT2D eigenvalue weighted by Gasteiger charge is 2.17. The molecule has 0 aliphatic heterocycles. The Kier molecular flexibility index (Phi) is 5.41.